The van der Waals surface area contributed by atoms with Crippen LogP contribution in [0.1, 0.15) is 63.8 Å². The summed E-state index contributed by atoms with van der Waals surface area (Å²) in [7, 11) is 0. The zero-order chi connectivity index (χ0) is 45.9. The molecule has 12 aromatic rings. The minimum Gasteiger partial charge on any atom is -0.464 e. The van der Waals surface area contributed by atoms with E-state index in [0.29, 0.717) is 0 Å². The fraction of sp³-hybridized carbons (Fsp3) is 0.161. The molecular formula is C62H52N2O3. The van der Waals surface area contributed by atoms with Gasteiger partial charge in [-0.1, -0.05) is 139 Å². The van der Waals surface area contributed by atoms with E-state index in [1.807, 2.05) is 6.26 Å². The van der Waals surface area contributed by atoms with E-state index in [4.69, 9.17) is 13.3 Å². The first-order valence-corrected chi connectivity index (χ1v) is 23.3. The first-order valence-electron chi connectivity index (χ1n) is 23.3. The molecule has 0 unspecified atom stereocenters. The molecule has 0 N–H and O–H groups in total. The maximum atomic E-state index is 7.24. The molecule has 3 aromatic heterocycles. The molecule has 0 fully saturated rings. The Morgan fingerprint density at radius 1 is 0.358 bits per heavy atom. The summed E-state index contributed by atoms with van der Waals surface area (Å²) in [5, 5.41) is 9.03. The van der Waals surface area contributed by atoms with Gasteiger partial charge in [0.25, 0.3) is 0 Å². The van der Waals surface area contributed by atoms with Crippen molar-refractivity contribution in [1.82, 2.24) is 0 Å². The number of nitrogens with zero attached hydrogens (tertiary/aromatic N) is 2. The number of anilines is 6. The van der Waals surface area contributed by atoms with Gasteiger partial charge in [0.1, 0.15) is 27.9 Å². The van der Waals surface area contributed by atoms with E-state index in [0.717, 1.165) is 122 Å². The van der Waals surface area contributed by atoms with Gasteiger partial charge < -0.3 is 23.1 Å². The second kappa shape index (κ2) is 14.9. The monoisotopic (exact) mass is 872 g/mol. The number of para-hydroxylation sites is 4. The van der Waals surface area contributed by atoms with E-state index < -0.39 is 0 Å². The van der Waals surface area contributed by atoms with Crippen molar-refractivity contribution in [3.05, 3.63) is 192 Å². The Hall–Kier alpha value is -7.76. The highest BCUT2D eigenvalue weighted by atomic mass is 16.3. The fourth-order valence-corrected chi connectivity index (χ4v) is 10.4. The number of fused-ring (bicyclic) bond motifs is 14. The van der Waals surface area contributed by atoms with E-state index >= 15 is 0 Å². The quantitative estimate of drug-likeness (QED) is 0.156. The van der Waals surface area contributed by atoms with Crippen LogP contribution in [0, 0.1) is 13.8 Å². The number of rotatable bonds is 6. The molecule has 0 aliphatic carbocycles. The zero-order valence-electron chi connectivity index (χ0n) is 39.3. The Bertz CT molecular complexity index is 3650. The van der Waals surface area contributed by atoms with Gasteiger partial charge in [0.15, 0.2) is 0 Å². The first kappa shape index (κ1) is 40.7. The minimum absolute atomic E-state index is 0.00461. The average Bonchev–Trinajstić information content (AvgIpc) is 4.07. The Balaban J connectivity index is 1.25. The van der Waals surface area contributed by atoms with Crippen LogP contribution in [0.2, 0.25) is 0 Å². The Kier molecular flexibility index (Phi) is 9.05. The van der Waals surface area contributed by atoms with Crippen molar-refractivity contribution in [3.63, 3.8) is 0 Å². The lowest BCUT2D eigenvalue weighted by molar-refractivity contribution is 0.590. The smallest absolute Gasteiger partial charge is 0.146 e. The second-order valence-corrected chi connectivity index (χ2v) is 20.2. The molecule has 0 saturated carbocycles. The van der Waals surface area contributed by atoms with Crippen LogP contribution in [0.4, 0.5) is 34.1 Å². The number of benzene rings is 9. The molecule has 12 rings (SSSR count). The number of hydrogen-bond donors (Lipinski definition) is 0. The van der Waals surface area contributed by atoms with Crippen molar-refractivity contribution in [2.75, 3.05) is 9.80 Å². The summed E-state index contributed by atoms with van der Waals surface area (Å²) in [6.45, 7) is 17.9. The van der Waals surface area contributed by atoms with Gasteiger partial charge in [-0.25, -0.2) is 0 Å². The molecule has 0 bridgehead atoms. The molecule has 67 heavy (non-hydrogen) atoms. The number of furan rings is 3. The Morgan fingerprint density at radius 2 is 0.776 bits per heavy atom. The van der Waals surface area contributed by atoms with E-state index in [2.05, 4.69) is 229 Å². The highest BCUT2D eigenvalue weighted by Gasteiger charge is 2.30. The standard InChI is InChI=1S/C62H52N2O3/c1-37-17-9-13-21-48(37)63(41-29-25-39(26-30-41)61(3,4)5)50-35-46-43-33-34-65-58(43)47-36-51(64(49-22-14-10-18-38(49)2)42-31-27-40(28-32-42)62(6,7)8)55-45-20-12-16-24-53(45)67-60(55)57(47)56(46)59-54(50)44-19-11-15-23-52(44)66-59/h9-36H,1-8H3. The van der Waals surface area contributed by atoms with E-state index in [1.165, 1.54) is 11.1 Å². The van der Waals surface area contributed by atoms with Crippen molar-refractivity contribution in [2.45, 2.75) is 66.2 Å². The zero-order valence-corrected chi connectivity index (χ0v) is 39.3. The molecule has 0 atom stereocenters. The first-order chi connectivity index (χ1) is 32.3. The van der Waals surface area contributed by atoms with Crippen LogP contribution < -0.4 is 9.80 Å². The molecule has 5 nitrogen and oxygen atoms in total. The lowest BCUT2D eigenvalue weighted by Gasteiger charge is -2.30. The third kappa shape index (κ3) is 6.36. The van der Waals surface area contributed by atoms with Gasteiger partial charge in [0.05, 0.1) is 28.4 Å². The third-order valence-corrected chi connectivity index (χ3v) is 13.9. The summed E-state index contributed by atoms with van der Waals surface area (Å²) < 4.78 is 21.2. The molecular weight excluding hydrogens is 821 g/mol. The van der Waals surface area contributed by atoms with E-state index in [1.54, 1.807) is 0 Å². The topological polar surface area (TPSA) is 45.9 Å². The van der Waals surface area contributed by atoms with Gasteiger partial charge in [-0.05, 0) is 119 Å². The largest absolute Gasteiger partial charge is 0.464 e. The van der Waals surface area contributed by atoms with Crippen molar-refractivity contribution in [1.29, 1.82) is 0 Å². The Labute approximate surface area is 390 Å². The van der Waals surface area contributed by atoms with Gasteiger partial charge in [-0.2, -0.15) is 0 Å². The number of hydrogen-bond acceptors (Lipinski definition) is 5. The van der Waals surface area contributed by atoms with Crippen molar-refractivity contribution < 1.29 is 13.3 Å². The molecule has 0 saturated heterocycles. The normalized spacial score (nSPS) is 12.5. The summed E-state index contributed by atoms with van der Waals surface area (Å²) in [6.07, 6.45) is 1.82. The lowest BCUT2D eigenvalue weighted by atomic mass is 9.87. The molecule has 9 aromatic carbocycles. The SMILES string of the molecule is Cc1ccccc1N(c1ccc(C(C)(C)C)cc1)c1cc2c3ccoc3c3cc(N(c4ccc(C(C)(C)C)cc4)c4ccccc4C)c4c5ccccc5oc4c3c2c2oc3ccccc3c12. The third-order valence-electron chi connectivity index (χ3n) is 13.9. The van der Waals surface area contributed by atoms with Gasteiger partial charge in [0, 0.05) is 55.1 Å². The van der Waals surface area contributed by atoms with E-state index in [9.17, 15) is 0 Å². The van der Waals surface area contributed by atoms with Crippen LogP contribution in [0.15, 0.2) is 183 Å². The molecule has 0 aliphatic rings. The van der Waals surface area contributed by atoms with Gasteiger partial charge >= 0.3 is 0 Å². The molecule has 0 amide bonds. The van der Waals surface area contributed by atoms with Crippen LogP contribution in [0.3, 0.4) is 0 Å². The highest BCUT2D eigenvalue weighted by molar-refractivity contribution is 6.39. The van der Waals surface area contributed by atoms with Crippen LogP contribution in [-0.2, 0) is 10.8 Å². The molecule has 0 spiro atoms. The molecule has 0 radical (unpaired) electrons. The summed E-state index contributed by atoms with van der Waals surface area (Å²) in [6, 6.07) is 59.0. The van der Waals surface area contributed by atoms with Crippen LogP contribution in [0.5, 0.6) is 0 Å². The van der Waals surface area contributed by atoms with Crippen LogP contribution >= 0.6 is 0 Å². The predicted molar refractivity (Wildman–Crippen MR) is 282 cm³/mol. The van der Waals surface area contributed by atoms with E-state index in [-0.39, 0.29) is 10.8 Å². The predicted octanol–water partition coefficient (Wildman–Crippen LogP) is 18.7. The maximum absolute atomic E-state index is 7.24. The van der Waals surface area contributed by atoms with Crippen molar-refractivity contribution in [3.8, 4) is 0 Å². The average molecular weight is 873 g/mol. The molecule has 5 heteroatoms. The van der Waals surface area contributed by atoms with Crippen LogP contribution in [-0.4, -0.2) is 0 Å². The summed E-state index contributed by atoms with van der Waals surface area (Å²) in [5.74, 6) is 0. The summed E-state index contributed by atoms with van der Waals surface area (Å²) in [5.41, 5.74) is 15.2. The summed E-state index contributed by atoms with van der Waals surface area (Å²) in [4.78, 5) is 4.81. The number of aryl methyl sites for hydroxylation is 2. The summed E-state index contributed by atoms with van der Waals surface area (Å²) >= 11 is 0. The van der Waals surface area contributed by atoms with Gasteiger partial charge in [-0.15, -0.1) is 0 Å². The second-order valence-electron chi connectivity index (χ2n) is 20.2. The van der Waals surface area contributed by atoms with Crippen LogP contribution in [0.25, 0.3) is 76.4 Å². The maximum Gasteiger partial charge on any atom is 0.146 e. The Morgan fingerprint density at radius 3 is 1.24 bits per heavy atom. The molecule has 328 valence electrons. The van der Waals surface area contributed by atoms with Gasteiger partial charge in [0.2, 0.25) is 0 Å². The fourth-order valence-electron chi connectivity index (χ4n) is 10.4. The van der Waals surface area contributed by atoms with Crippen molar-refractivity contribution >= 4 is 111 Å². The molecule has 3 heterocycles. The lowest BCUT2D eigenvalue weighted by Crippen LogP contribution is -2.14. The molecule has 0 aliphatic heterocycles. The van der Waals surface area contributed by atoms with Gasteiger partial charge in [-0.3, -0.25) is 0 Å². The highest BCUT2D eigenvalue weighted by Crippen LogP contribution is 2.54. The van der Waals surface area contributed by atoms with Crippen molar-refractivity contribution in [2.24, 2.45) is 0 Å². The minimum atomic E-state index is 0.00461.